The van der Waals surface area contributed by atoms with Crippen LogP contribution in [-0.4, -0.2) is 41.2 Å². The molecule has 6 nitrogen and oxygen atoms in total. The maximum Gasteiger partial charge on any atom is 0.513 e. The second kappa shape index (κ2) is 6.36. The number of carbonyl (C=O) groups excluding carboxylic acids is 2. The van der Waals surface area contributed by atoms with Gasteiger partial charge in [0.1, 0.15) is 0 Å². The molecule has 3 aliphatic carbocycles. The highest BCUT2D eigenvalue weighted by atomic mass is 35.5. The Hall–Kier alpha value is -1.79. The van der Waals surface area contributed by atoms with Gasteiger partial charge in [0, 0.05) is 17.9 Å². The predicted octanol–water partition coefficient (Wildman–Crippen LogP) is 3.28. The highest BCUT2D eigenvalue weighted by molar-refractivity contribution is 6.17. The number of ether oxygens (including phenoxy) is 3. The first-order chi connectivity index (χ1) is 13.5. The molecule has 2 fully saturated rings. The quantitative estimate of drug-likeness (QED) is 0.357. The van der Waals surface area contributed by atoms with Crippen LogP contribution in [0.25, 0.3) is 0 Å². The summed E-state index contributed by atoms with van der Waals surface area (Å²) in [6.45, 7) is 0.177. The lowest BCUT2D eigenvalue weighted by atomic mass is 9.46. The summed E-state index contributed by atoms with van der Waals surface area (Å²) in [4.78, 5) is 24.8. The van der Waals surface area contributed by atoms with E-state index in [1.165, 1.54) is 0 Å². The second-order valence-corrected chi connectivity index (χ2v) is 8.70. The van der Waals surface area contributed by atoms with Gasteiger partial charge >= 0.3 is 6.16 Å². The van der Waals surface area contributed by atoms with Crippen LogP contribution in [0.15, 0.2) is 12.1 Å². The Morgan fingerprint density at radius 2 is 2.21 bits per heavy atom. The number of aliphatic hydroxyl groups is 1. The zero-order valence-electron chi connectivity index (χ0n) is 15.5. The molecule has 4 atom stereocenters. The topological polar surface area (TPSA) is 82.1 Å². The number of ketones is 1. The van der Waals surface area contributed by atoms with Crippen molar-refractivity contribution in [2.24, 2.45) is 5.92 Å². The van der Waals surface area contributed by atoms with Crippen molar-refractivity contribution in [3.63, 3.8) is 0 Å². The Bertz CT molecular complexity index is 854. The van der Waals surface area contributed by atoms with Crippen LogP contribution < -0.4 is 9.47 Å². The Labute approximate surface area is 168 Å². The fraction of sp³-hybridized carbons (Fsp3) is 0.619. The highest BCUT2D eigenvalue weighted by Gasteiger charge is 2.71. The number of benzene rings is 1. The molecular weight excluding hydrogens is 384 g/mol. The molecule has 150 valence electrons. The lowest BCUT2D eigenvalue weighted by molar-refractivity contribution is -0.177. The van der Waals surface area contributed by atoms with Crippen LogP contribution in [0.2, 0.25) is 0 Å². The van der Waals surface area contributed by atoms with E-state index in [0.29, 0.717) is 37.3 Å². The summed E-state index contributed by atoms with van der Waals surface area (Å²) >= 11 is 5.60. The van der Waals surface area contributed by atoms with Gasteiger partial charge in [-0.05, 0) is 49.7 Å². The van der Waals surface area contributed by atoms with E-state index in [0.717, 1.165) is 30.4 Å². The van der Waals surface area contributed by atoms with Gasteiger partial charge in [-0.1, -0.05) is 12.5 Å². The Balaban J connectivity index is 1.57. The fourth-order valence-corrected chi connectivity index (χ4v) is 6.14. The van der Waals surface area contributed by atoms with Gasteiger partial charge < -0.3 is 19.3 Å². The molecule has 1 aliphatic heterocycles. The predicted molar refractivity (Wildman–Crippen MR) is 100 cm³/mol. The minimum atomic E-state index is -0.943. The van der Waals surface area contributed by atoms with Gasteiger partial charge in [-0.15, -0.1) is 11.6 Å². The molecule has 0 aromatic heterocycles. The van der Waals surface area contributed by atoms with E-state index in [1.54, 1.807) is 6.07 Å². The SMILES string of the molecule is O=C(OCCCCl)Oc1ccc2c3c1O[C@H]1C(=O)CC[C@@]4(O)[C@H](CCC[C@]314)C2. The molecule has 0 saturated heterocycles. The van der Waals surface area contributed by atoms with Crippen molar-refractivity contribution >= 4 is 23.5 Å². The minimum Gasteiger partial charge on any atom is -0.477 e. The van der Waals surface area contributed by atoms with E-state index >= 15 is 0 Å². The van der Waals surface area contributed by atoms with Crippen LogP contribution in [0, 0.1) is 5.92 Å². The first-order valence-corrected chi connectivity index (χ1v) is 10.5. The van der Waals surface area contributed by atoms with E-state index in [9.17, 15) is 14.7 Å². The molecule has 1 N–H and O–H groups in total. The Kier molecular flexibility index (Phi) is 4.14. The van der Waals surface area contributed by atoms with E-state index in [1.807, 2.05) is 6.07 Å². The summed E-state index contributed by atoms with van der Waals surface area (Å²) in [6, 6.07) is 3.64. The minimum absolute atomic E-state index is 0.0185. The number of hydrogen-bond acceptors (Lipinski definition) is 6. The van der Waals surface area contributed by atoms with Crippen molar-refractivity contribution in [1.29, 1.82) is 0 Å². The number of hydrogen-bond donors (Lipinski definition) is 1. The lowest BCUT2D eigenvalue weighted by Gasteiger charge is -2.59. The molecule has 1 spiro atoms. The normalized spacial score (nSPS) is 34.4. The van der Waals surface area contributed by atoms with Gasteiger partial charge in [-0.25, -0.2) is 4.79 Å². The summed E-state index contributed by atoms with van der Waals surface area (Å²) in [5, 5.41) is 11.8. The van der Waals surface area contributed by atoms with Crippen molar-refractivity contribution < 1.29 is 28.9 Å². The van der Waals surface area contributed by atoms with Crippen molar-refractivity contribution in [2.75, 3.05) is 12.5 Å². The van der Waals surface area contributed by atoms with Crippen LogP contribution in [0.3, 0.4) is 0 Å². The largest absolute Gasteiger partial charge is 0.513 e. The van der Waals surface area contributed by atoms with E-state index in [2.05, 4.69) is 0 Å². The molecule has 4 aliphatic rings. The molecule has 1 aromatic rings. The molecule has 7 heteroatoms. The molecule has 1 heterocycles. The van der Waals surface area contributed by atoms with E-state index in [4.69, 9.17) is 25.8 Å². The lowest BCUT2D eigenvalue weighted by Crippen LogP contribution is -2.69. The maximum absolute atomic E-state index is 12.8. The van der Waals surface area contributed by atoms with Crippen molar-refractivity contribution in [2.45, 2.75) is 62.1 Å². The highest BCUT2D eigenvalue weighted by Crippen LogP contribution is 2.66. The van der Waals surface area contributed by atoms with Crippen LogP contribution in [-0.2, 0) is 21.4 Å². The van der Waals surface area contributed by atoms with Gasteiger partial charge in [-0.3, -0.25) is 4.79 Å². The maximum atomic E-state index is 12.8. The third kappa shape index (κ3) is 2.25. The molecule has 28 heavy (non-hydrogen) atoms. The monoisotopic (exact) mass is 406 g/mol. The van der Waals surface area contributed by atoms with Crippen LogP contribution >= 0.6 is 11.6 Å². The van der Waals surface area contributed by atoms with E-state index in [-0.39, 0.29) is 24.1 Å². The van der Waals surface area contributed by atoms with Crippen molar-refractivity contribution in [3.05, 3.63) is 23.3 Å². The zero-order valence-corrected chi connectivity index (χ0v) is 16.3. The van der Waals surface area contributed by atoms with E-state index < -0.39 is 23.3 Å². The number of carbonyl (C=O) groups is 2. The molecule has 0 amide bonds. The standard InChI is InChI=1S/C21H23ClO6/c22-9-2-10-26-19(24)27-15-5-4-12-11-13-3-1-7-20-16(12)17(15)28-18(20)14(23)6-8-21(13,20)25/h4-5,13,18,25H,1-3,6-11H2/t13-,18+,20+,21-/m1/s1. The Morgan fingerprint density at radius 1 is 1.36 bits per heavy atom. The second-order valence-electron chi connectivity index (χ2n) is 8.32. The number of Topliss-reactive ketones (excluding diaryl/α,β-unsaturated/α-hetero) is 1. The molecule has 0 radical (unpaired) electrons. The van der Waals surface area contributed by atoms with Gasteiger partial charge in [-0.2, -0.15) is 0 Å². The van der Waals surface area contributed by atoms with Crippen LogP contribution in [0.4, 0.5) is 4.79 Å². The first kappa shape index (κ1) is 18.3. The summed E-state index contributed by atoms with van der Waals surface area (Å²) in [6.07, 6.45) is 3.17. The smallest absolute Gasteiger partial charge is 0.477 e. The summed E-state index contributed by atoms with van der Waals surface area (Å²) in [7, 11) is 0. The number of rotatable bonds is 4. The summed E-state index contributed by atoms with van der Waals surface area (Å²) < 4.78 is 16.6. The third-order valence-electron chi connectivity index (χ3n) is 7.11. The average molecular weight is 407 g/mol. The fourth-order valence-electron chi connectivity index (χ4n) is 6.04. The molecular formula is C21H23ClO6. The Morgan fingerprint density at radius 3 is 3.04 bits per heavy atom. The van der Waals surface area contributed by atoms with Gasteiger partial charge in [0.2, 0.25) is 0 Å². The van der Waals surface area contributed by atoms with Gasteiger partial charge in [0.05, 0.1) is 17.6 Å². The van der Waals surface area contributed by atoms with Gasteiger partial charge in [0.15, 0.2) is 23.4 Å². The third-order valence-corrected chi connectivity index (χ3v) is 7.38. The van der Waals surface area contributed by atoms with Crippen molar-refractivity contribution in [1.82, 2.24) is 0 Å². The van der Waals surface area contributed by atoms with Crippen LogP contribution in [0.1, 0.15) is 49.7 Å². The summed E-state index contributed by atoms with van der Waals surface area (Å²) in [5.74, 6) is 1.21. The molecule has 1 aromatic carbocycles. The average Bonchev–Trinajstić information content (AvgIpc) is 3.01. The molecule has 5 rings (SSSR count). The molecule has 0 unspecified atom stereocenters. The van der Waals surface area contributed by atoms with Gasteiger partial charge in [0.25, 0.3) is 0 Å². The van der Waals surface area contributed by atoms with Crippen molar-refractivity contribution in [3.8, 4) is 11.5 Å². The number of halogens is 1. The number of alkyl halides is 1. The van der Waals surface area contributed by atoms with Crippen LogP contribution in [0.5, 0.6) is 11.5 Å². The summed E-state index contributed by atoms with van der Waals surface area (Å²) in [5.41, 5.74) is 0.289. The first-order valence-electron chi connectivity index (χ1n) is 10.00. The molecule has 2 bridgehead atoms. The zero-order chi connectivity index (χ0) is 19.5. The molecule has 2 saturated carbocycles.